The monoisotopic (exact) mass is 516 g/mol. The number of hydrogen-bond donors (Lipinski definition) is 1. The molecule has 0 bridgehead atoms. The van der Waals surface area contributed by atoms with Crippen LogP contribution in [0.4, 0.5) is 17.1 Å². The van der Waals surface area contributed by atoms with E-state index < -0.39 is 0 Å². The summed E-state index contributed by atoms with van der Waals surface area (Å²) in [7, 11) is 0. The average molecular weight is 517 g/mol. The molecule has 6 heteroatoms. The number of carbonyl (C=O) groups excluding carboxylic acids is 2. The SMILES string of the molecule is O=C(Nc1ccc2c(c1)CCN2C(=O)Cc1ccccn1)c1cc(N2CCCCC2)ccc1-c1ccccc1. The number of piperidine rings is 1. The molecule has 0 unspecified atom stereocenters. The molecular weight excluding hydrogens is 484 g/mol. The molecule has 0 aliphatic carbocycles. The van der Waals surface area contributed by atoms with Gasteiger partial charge in [-0.3, -0.25) is 14.6 Å². The Bertz CT molecular complexity index is 1480. The fourth-order valence-corrected chi connectivity index (χ4v) is 5.63. The highest BCUT2D eigenvalue weighted by Gasteiger charge is 2.26. The molecule has 1 N–H and O–H groups in total. The summed E-state index contributed by atoms with van der Waals surface area (Å²) in [5.74, 6) is -0.0972. The van der Waals surface area contributed by atoms with Gasteiger partial charge >= 0.3 is 0 Å². The van der Waals surface area contributed by atoms with E-state index in [0.29, 0.717) is 12.1 Å². The van der Waals surface area contributed by atoms with Gasteiger partial charge in [0, 0.05) is 54.2 Å². The number of amides is 2. The van der Waals surface area contributed by atoms with E-state index in [4.69, 9.17) is 0 Å². The number of nitrogens with zero attached hydrogens (tertiary/aromatic N) is 3. The number of hydrogen-bond acceptors (Lipinski definition) is 4. The Morgan fingerprint density at radius 1 is 0.821 bits per heavy atom. The molecule has 4 aromatic rings. The summed E-state index contributed by atoms with van der Waals surface area (Å²) >= 11 is 0. The Labute approximate surface area is 229 Å². The van der Waals surface area contributed by atoms with Gasteiger partial charge in [0.05, 0.1) is 6.42 Å². The molecule has 2 aliphatic rings. The Hall–Kier alpha value is -4.45. The van der Waals surface area contributed by atoms with Crippen LogP contribution >= 0.6 is 0 Å². The molecule has 6 nitrogen and oxygen atoms in total. The van der Waals surface area contributed by atoms with Crippen molar-refractivity contribution in [2.75, 3.05) is 34.8 Å². The van der Waals surface area contributed by atoms with Crippen LogP contribution in [0.15, 0.2) is 91.1 Å². The lowest BCUT2D eigenvalue weighted by Gasteiger charge is -2.29. The molecule has 1 aromatic heterocycles. The predicted molar refractivity (Wildman–Crippen MR) is 156 cm³/mol. The summed E-state index contributed by atoms with van der Waals surface area (Å²) in [6, 6.07) is 27.7. The summed E-state index contributed by atoms with van der Waals surface area (Å²) in [5, 5.41) is 3.14. The maximum atomic E-state index is 13.7. The molecule has 1 fully saturated rings. The summed E-state index contributed by atoms with van der Waals surface area (Å²) < 4.78 is 0. The zero-order chi connectivity index (χ0) is 26.6. The molecule has 2 aliphatic heterocycles. The largest absolute Gasteiger partial charge is 0.372 e. The van der Waals surface area contributed by atoms with Crippen LogP contribution in [0.2, 0.25) is 0 Å². The molecule has 6 rings (SSSR count). The molecule has 0 radical (unpaired) electrons. The van der Waals surface area contributed by atoms with E-state index in [1.807, 2.05) is 77.7 Å². The van der Waals surface area contributed by atoms with Crippen molar-refractivity contribution >= 4 is 28.9 Å². The molecule has 2 amide bonds. The second-order valence-electron chi connectivity index (χ2n) is 10.2. The molecule has 39 heavy (non-hydrogen) atoms. The number of carbonyl (C=O) groups is 2. The van der Waals surface area contributed by atoms with E-state index in [0.717, 1.165) is 59.0 Å². The van der Waals surface area contributed by atoms with E-state index >= 15 is 0 Å². The molecule has 0 saturated carbocycles. The molecule has 1 saturated heterocycles. The van der Waals surface area contributed by atoms with E-state index in [9.17, 15) is 9.59 Å². The Morgan fingerprint density at radius 2 is 1.64 bits per heavy atom. The zero-order valence-electron chi connectivity index (χ0n) is 22.0. The summed E-state index contributed by atoms with van der Waals surface area (Å²) in [4.78, 5) is 35.2. The smallest absolute Gasteiger partial charge is 0.256 e. The van der Waals surface area contributed by atoms with Crippen LogP contribution < -0.4 is 15.1 Å². The van der Waals surface area contributed by atoms with Gasteiger partial charge in [-0.15, -0.1) is 0 Å². The minimum atomic E-state index is -0.131. The third kappa shape index (κ3) is 5.41. The number of anilines is 3. The Morgan fingerprint density at radius 3 is 2.44 bits per heavy atom. The normalized spacial score (nSPS) is 14.7. The van der Waals surface area contributed by atoms with Crippen molar-refractivity contribution in [1.29, 1.82) is 0 Å². The average Bonchev–Trinajstić information content (AvgIpc) is 3.42. The number of rotatable bonds is 6. The highest BCUT2D eigenvalue weighted by molar-refractivity contribution is 6.09. The highest BCUT2D eigenvalue weighted by Crippen LogP contribution is 2.33. The first-order valence-corrected chi connectivity index (χ1v) is 13.7. The van der Waals surface area contributed by atoms with Crippen LogP contribution in [0.3, 0.4) is 0 Å². The van der Waals surface area contributed by atoms with Gasteiger partial charge in [0.25, 0.3) is 5.91 Å². The fraction of sp³-hybridized carbons (Fsp3) is 0.242. The van der Waals surface area contributed by atoms with Crippen LogP contribution in [0.5, 0.6) is 0 Å². The maximum Gasteiger partial charge on any atom is 0.256 e. The van der Waals surface area contributed by atoms with Crippen molar-refractivity contribution in [2.45, 2.75) is 32.1 Å². The van der Waals surface area contributed by atoms with Crippen LogP contribution in [-0.4, -0.2) is 36.4 Å². The topological polar surface area (TPSA) is 65.5 Å². The molecule has 0 atom stereocenters. The second kappa shape index (κ2) is 11.1. The first-order chi connectivity index (χ1) is 19.2. The van der Waals surface area contributed by atoms with Crippen molar-refractivity contribution in [2.24, 2.45) is 0 Å². The lowest BCUT2D eigenvalue weighted by Crippen LogP contribution is -2.30. The minimum absolute atomic E-state index is 0.0336. The number of nitrogens with one attached hydrogen (secondary N) is 1. The van der Waals surface area contributed by atoms with E-state index in [1.54, 1.807) is 6.20 Å². The first-order valence-electron chi connectivity index (χ1n) is 13.7. The quantitative estimate of drug-likeness (QED) is 0.335. The Kier molecular flexibility index (Phi) is 7.09. The van der Waals surface area contributed by atoms with Crippen LogP contribution in [-0.2, 0) is 17.6 Å². The number of fused-ring (bicyclic) bond motifs is 1. The van der Waals surface area contributed by atoms with Gasteiger partial charge in [-0.1, -0.05) is 42.5 Å². The molecule has 3 heterocycles. The van der Waals surface area contributed by atoms with Crippen molar-refractivity contribution in [3.05, 3.63) is 108 Å². The van der Waals surface area contributed by atoms with E-state index in [1.165, 1.54) is 19.3 Å². The van der Waals surface area contributed by atoms with E-state index in [2.05, 4.69) is 27.3 Å². The minimum Gasteiger partial charge on any atom is -0.372 e. The Balaban J connectivity index is 1.24. The van der Waals surface area contributed by atoms with Gasteiger partial charge in [-0.2, -0.15) is 0 Å². The van der Waals surface area contributed by atoms with Crippen molar-refractivity contribution in [1.82, 2.24) is 4.98 Å². The van der Waals surface area contributed by atoms with Crippen molar-refractivity contribution < 1.29 is 9.59 Å². The zero-order valence-corrected chi connectivity index (χ0v) is 22.0. The summed E-state index contributed by atoms with van der Waals surface area (Å²) in [6.07, 6.45) is 6.36. The number of benzene rings is 3. The standard InChI is InChI=1S/C33H32N4O2/c38-32(22-26-11-5-6-17-34-26)37-20-16-25-21-27(12-15-31(25)37)35-33(39)30-23-28(36-18-7-2-8-19-36)13-14-29(30)24-9-3-1-4-10-24/h1,3-6,9-15,17,21,23H,2,7-8,16,18-20,22H2,(H,35,39). The van der Waals surface area contributed by atoms with Gasteiger partial charge in [-0.25, -0.2) is 0 Å². The summed E-state index contributed by atoms with van der Waals surface area (Å²) in [6.45, 7) is 2.67. The van der Waals surface area contributed by atoms with Crippen LogP contribution in [0.1, 0.15) is 40.9 Å². The van der Waals surface area contributed by atoms with Gasteiger partial charge in [0.2, 0.25) is 5.91 Å². The van der Waals surface area contributed by atoms with Gasteiger partial charge < -0.3 is 15.1 Å². The molecule has 3 aromatic carbocycles. The fourth-order valence-electron chi connectivity index (χ4n) is 5.63. The number of aromatic nitrogens is 1. The predicted octanol–water partition coefficient (Wildman–Crippen LogP) is 6.12. The third-order valence-corrected chi connectivity index (χ3v) is 7.65. The first kappa shape index (κ1) is 24.9. The van der Waals surface area contributed by atoms with Crippen LogP contribution in [0, 0.1) is 0 Å². The lowest BCUT2D eigenvalue weighted by molar-refractivity contribution is -0.117. The van der Waals surface area contributed by atoms with Crippen molar-refractivity contribution in [3.63, 3.8) is 0 Å². The molecule has 0 spiro atoms. The van der Waals surface area contributed by atoms with Crippen LogP contribution in [0.25, 0.3) is 11.1 Å². The van der Waals surface area contributed by atoms with Crippen molar-refractivity contribution in [3.8, 4) is 11.1 Å². The molecule has 196 valence electrons. The van der Waals surface area contributed by atoms with Gasteiger partial charge in [0.1, 0.15) is 0 Å². The van der Waals surface area contributed by atoms with Gasteiger partial charge in [-0.05, 0) is 84.8 Å². The summed E-state index contributed by atoms with van der Waals surface area (Å²) in [5.41, 5.74) is 7.16. The lowest BCUT2D eigenvalue weighted by atomic mass is 9.97. The maximum absolute atomic E-state index is 13.7. The second-order valence-corrected chi connectivity index (χ2v) is 10.2. The van der Waals surface area contributed by atoms with Gasteiger partial charge in [0.15, 0.2) is 0 Å². The third-order valence-electron chi connectivity index (χ3n) is 7.65. The van der Waals surface area contributed by atoms with E-state index in [-0.39, 0.29) is 18.2 Å². The highest BCUT2D eigenvalue weighted by atomic mass is 16.2. The molecular formula is C33H32N4O2. The number of pyridine rings is 1.